The highest BCUT2D eigenvalue weighted by Crippen LogP contribution is 2.27. The largest absolute Gasteiger partial charge is 0.379 e. The summed E-state index contributed by atoms with van der Waals surface area (Å²) in [5.41, 5.74) is 0.494. The van der Waals surface area contributed by atoms with Gasteiger partial charge in [-0.3, -0.25) is 15.0 Å². The number of hydrogen-bond donors (Lipinski definition) is 2. The van der Waals surface area contributed by atoms with Crippen LogP contribution in [-0.2, 0) is 4.74 Å². The zero-order valence-corrected chi connectivity index (χ0v) is 15.8. The summed E-state index contributed by atoms with van der Waals surface area (Å²) >= 11 is 11.8. The van der Waals surface area contributed by atoms with Crippen molar-refractivity contribution in [2.45, 2.75) is 0 Å². The fourth-order valence-corrected chi connectivity index (χ4v) is 3.10. The van der Waals surface area contributed by atoms with Gasteiger partial charge >= 0.3 is 5.69 Å². The Hall–Kier alpha value is -2.20. The summed E-state index contributed by atoms with van der Waals surface area (Å²) in [6.45, 7) is 4.38. The molecule has 2 N–H and O–H groups in total. The third-order valence-electron chi connectivity index (χ3n) is 3.93. The minimum atomic E-state index is -0.464. The van der Waals surface area contributed by atoms with Crippen molar-refractivity contribution in [3.05, 3.63) is 44.7 Å². The van der Waals surface area contributed by atoms with Crippen LogP contribution in [0.1, 0.15) is 0 Å². The maximum Gasteiger partial charge on any atom is 0.311 e. The van der Waals surface area contributed by atoms with E-state index in [0.717, 1.165) is 19.6 Å². The number of halogens is 2. The predicted molar refractivity (Wildman–Crippen MR) is 104 cm³/mol. The number of anilines is 3. The van der Waals surface area contributed by atoms with Crippen molar-refractivity contribution in [1.29, 1.82) is 0 Å². The molecule has 0 aromatic carbocycles. The SMILES string of the molecule is O=[N+]([O-])c1ccc(Nc2cc(Cl)nc(Cl)c2)nc1NCCN1CCOCC1. The van der Waals surface area contributed by atoms with Crippen LogP contribution in [0.3, 0.4) is 0 Å². The number of pyridine rings is 2. The van der Waals surface area contributed by atoms with E-state index in [1.165, 1.54) is 12.1 Å². The zero-order chi connectivity index (χ0) is 19.2. The van der Waals surface area contributed by atoms with Gasteiger partial charge in [0, 0.05) is 37.9 Å². The van der Waals surface area contributed by atoms with Gasteiger partial charge in [0.05, 0.1) is 18.1 Å². The molecule has 0 atom stereocenters. The summed E-state index contributed by atoms with van der Waals surface area (Å²) in [5.74, 6) is 0.623. The van der Waals surface area contributed by atoms with Crippen LogP contribution in [0.4, 0.5) is 23.0 Å². The Balaban J connectivity index is 1.70. The van der Waals surface area contributed by atoms with E-state index < -0.39 is 4.92 Å². The standard InChI is InChI=1S/C16H18Cl2N6O3/c17-13-9-11(10-14(18)21-13)20-15-2-1-12(24(25)26)16(22-15)19-3-4-23-5-7-27-8-6-23/h1-2,9-10H,3-8H2,(H2,19,20,21,22). The molecule has 1 aliphatic heterocycles. The van der Waals surface area contributed by atoms with Crippen LogP contribution in [0.25, 0.3) is 0 Å². The van der Waals surface area contributed by atoms with Crippen LogP contribution in [0.2, 0.25) is 10.3 Å². The van der Waals surface area contributed by atoms with E-state index in [0.29, 0.717) is 31.3 Å². The lowest BCUT2D eigenvalue weighted by Gasteiger charge is -2.26. The molecule has 1 aliphatic rings. The molecule has 0 spiro atoms. The molecule has 27 heavy (non-hydrogen) atoms. The Morgan fingerprint density at radius 1 is 1.19 bits per heavy atom. The van der Waals surface area contributed by atoms with E-state index in [1.807, 2.05) is 0 Å². The fourth-order valence-electron chi connectivity index (χ4n) is 2.64. The number of aromatic nitrogens is 2. The number of hydrogen-bond acceptors (Lipinski definition) is 8. The third kappa shape index (κ3) is 5.64. The van der Waals surface area contributed by atoms with Gasteiger partial charge in [-0.05, 0) is 18.2 Å². The maximum absolute atomic E-state index is 11.3. The van der Waals surface area contributed by atoms with Crippen molar-refractivity contribution in [3.8, 4) is 0 Å². The smallest absolute Gasteiger partial charge is 0.311 e. The molecule has 0 unspecified atom stereocenters. The van der Waals surface area contributed by atoms with Crippen molar-refractivity contribution in [2.24, 2.45) is 0 Å². The number of nitro groups is 1. The Bertz CT molecular complexity index is 796. The first-order chi connectivity index (χ1) is 13.0. The van der Waals surface area contributed by atoms with Crippen LogP contribution in [-0.4, -0.2) is 59.2 Å². The van der Waals surface area contributed by atoms with Crippen LogP contribution in [0, 0.1) is 10.1 Å². The molecule has 3 rings (SSSR count). The molecule has 9 nitrogen and oxygen atoms in total. The minimum absolute atomic E-state index is 0.0895. The van der Waals surface area contributed by atoms with E-state index >= 15 is 0 Å². The molecule has 1 saturated heterocycles. The zero-order valence-electron chi connectivity index (χ0n) is 14.3. The molecule has 0 bridgehead atoms. The predicted octanol–water partition coefficient (Wildman–Crippen LogP) is 3.18. The van der Waals surface area contributed by atoms with E-state index in [2.05, 4.69) is 25.5 Å². The molecule has 0 amide bonds. The van der Waals surface area contributed by atoms with Gasteiger partial charge in [-0.15, -0.1) is 0 Å². The summed E-state index contributed by atoms with van der Waals surface area (Å²) in [7, 11) is 0. The fraction of sp³-hybridized carbons (Fsp3) is 0.375. The molecule has 3 heterocycles. The quantitative estimate of drug-likeness (QED) is 0.405. The first-order valence-electron chi connectivity index (χ1n) is 8.31. The summed E-state index contributed by atoms with van der Waals surface area (Å²) in [6.07, 6.45) is 0. The van der Waals surface area contributed by atoms with Crippen molar-refractivity contribution in [2.75, 3.05) is 50.0 Å². The van der Waals surface area contributed by atoms with Crippen LogP contribution < -0.4 is 10.6 Å². The summed E-state index contributed by atoms with van der Waals surface area (Å²) in [5, 5.41) is 17.8. The van der Waals surface area contributed by atoms with E-state index in [1.54, 1.807) is 12.1 Å². The normalized spacial score (nSPS) is 14.7. The lowest BCUT2D eigenvalue weighted by atomic mass is 10.3. The molecule has 0 aliphatic carbocycles. The molecule has 0 radical (unpaired) electrons. The highest BCUT2D eigenvalue weighted by Gasteiger charge is 2.17. The van der Waals surface area contributed by atoms with Crippen LogP contribution in [0.5, 0.6) is 0 Å². The van der Waals surface area contributed by atoms with Gasteiger partial charge in [0.25, 0.3) is 0 Å². The van der Waals surface area contributed by atoms with Gasteiger partial charge in [-0.2, -0.15) is 0 Å². The van der Waals surface area contributed by atoms with E-state index in [-0.39, 0.29) is 21.8 Å². The van der Waals surface area contributed by atoms with Gasteiger partial charge in [-0.1, -0.05) is 23.2 Å². The third-order valence-corrected chi connectivity index (χ3v) is 4.32. The van der Waals surface area contributed by atoms with Crippen molar-refractivity contribution < 1.29 is 9.66 Å². The summed E-state index contributed by atoms with van der Waals surface area (Å²) < 4.78 is 5.31. The highest BCUT2D eigenvalue weighted by molar-refractivity contribution is 6.32. The Morgan fingerprint density at radius 3 is 2.56 bits per heavy atom. The number of ether oxygens (including phenoxy) is 1. The molecular formula is C16H18Cl2N6O3. The molecular weight excluding hydrogens is 395 g/mol. The van der Waals surface area contributed by atoms with Crippen molar-refractivity contribution in [1.82, 2.24) is 14.9 Å². The molecule has 2 aromatic rings. The van der Waals surface area contributed by atoms with Gasteiger partial charge in [-0.25, -0.2) is 9.97 Å². The highest BCUT2D eigenvalue weighted by atomic mass is 35.5. The number of rotatable bonds is 7. The van der Waals surface area contributed by atoms with Crippen LogP contribution >= 0.6 is 23.2 Å². The van der Waals surface area contributed by atoms with Crippen molar-refractivity contribution in [3.63, 3.8) is 0 Å². The number of nitrogens with one attached hydrogen (secondary N) is 2. The number of nitrogens with zero attached hydrogens (tertiary/aromatic N) is 4. The van der Waals surface area contributed by atoms with Crippen LogP contribution in [0.15, 0.2) is 24.3 Å². The second-order valence-electron chi connectivity index (χ2n) is 5.83. The lowest BCUT2D eigenvalue weighted by molar-refractivity contribution is -0.384. The monoisotopic (exact) mass is 412 g/mol. The molecule has 0 saturated carbocycles. The number of morpholine rings is 1. The average molecular weight is 413 g/mol. The second kappa shape index (κ2) is 9.14. The maximum atomic E-state index is 11.3. The Morgan fingerprint density at radius 2 is 1.89 bits per heavy atom. The van der Waals surface area contributed by atoms with Crippen molar-refractivity contribution >= 4 is 46.2 Å². The first-order valence-corrected chi connectivity index (χ1v) is 9.06. The first kappa shape index (κ1) is 19.6. The molecule has 144 valence electrons. The van der Waals surface area contributed by atoms with Gasteiger partial charge in [0.15, 0.2) is 0 Å². The van der Waals surface area contributed by atoms with Gasteiger partial charge in [0.2, 0.25) is 5.82 Å². The summed E-state index contributed by atoms with van der Waals surface area (Å²) in [6, 6.07) is 6.09. The van der Waals surface area contributed by atoms with E-state index in [9.17, 15) is 10.1 Å². The molecule has 11 heteroatoms. The topological polar surface area (TPSA) is 105 Å². The average Bonchev–Trinajstić information content (AvgIpc) is 2.62. The Labute approximate surface area is 165 Å². The summed E-state index contributed by atoms with van der Waals surface area (Å²) in [4.78, 5) is 21.2. The van der Waals surface area contributed by atoms with Gasteiger partial charge < -0.3 is 15.4 Å². The van der Waals surface area contributed by atoms with E-state index in [4.69, 9.17) is 27.9 Å². The van der Waals surface area contributed by atoms with Gasteiger partial charge in [0.1, 0.15) is 16.1 Å². The molecule has 2 aromatic heterocycles. The minimum Gasteiger partial charge on any atom is -0.379 e. The lowest BCUT2D eigenvalue weighted by Crippen LogP contribution is -2.39. The second-order valence-corrected chi connectivity index (χ2v) is 6.60. The Kier molecular flexibility index (Phi) is 6.62. The molecule has 1 fully saturated rings.